The molecule has 1 saturated heterocycles. The van der Waals surface area contributed by atoms with Crippen molar-refractivity contribution in [3.05, 3.63) is 65.2 Å². The number of ether oxygens (including phenoxy) is 1. The third-order valence-electron chi connectivity index (χ3n) is 5.61. The van der Waals surface area contributed by atoms with Crippen molar-refractivity contribution in [2.45, 2.75) is 44.6 Å². The second-order valence-electron chi connectivity index (χ2n) is 7.86. The second-order valence-corrected chi connectivity index (χ2v) is 8.30. The lowest BCUT2D eigenvalue weighted by Crippen LogP contribution is -2.54. The smallest absolute Gasteiger partial charge is 0.266 e. The van der Waals surface area contributed by atoms with Crippen LogP contribution in [-0.4, -0.2) is 35.3 Å². The highest BCUT2D eigenvalue weighted by Gasteiger charge is 2.44. The number of Topliss-reactive ketones (excluding diaryl/α,β-unsaturated/α-hetero) is 1. The predicted molar refractivity (Wildman–Crippen MR) is 111 cm³/mol. The Bertz CT molecular complexity index is 838. The van der Waals surface area contributed by atoms with E-state index in [1.165, 1.54) is 0 Å². The quantitative estimate of drug-likeness (QED) is 0.735. The Hall–Kier alpha value is -2.33. The van der Waals surface area contributed by atoms with Crippen molar-refractivity contribution >= 4 is 23.3 Å². The van der Waals surface area contributed by atoms with E-state index < -0.39 is 11.0 Å². The summed E-state index contributed by atoms with van der Waals surface area (Å²) in [7, 11) is 0. The molecule has 1 fully saturated rings. The fourth-order valence-electron chi connectivity index (χ4n) is 3.91. The van der Waals surface area contributed by atoms with Gasteiger partial charge in [0.25, 0.3) is 5.91 Å². The fraction of sp³-hybridized carbons (Fsp3) is 0.391. The number of piperidine rings is 1. The largest absolute Gasteiger partial charge is 0.478 e. The zero-order chi connectivity index (χ0) is 20.4. The Morgan fingerprint density at radius 3 is 2.11 bits per heavy atom. The number of hydrogen-bond acceptors (Lipinski definition) is 3. The summed E-state index contributed by atoms with van der Waals surface area (Å²) < 4.78 is 5.94. The Balaban J connectivity index is 1.71. The summed E-state index contributed by atoms with van der Waals surface area (Å²) in [6, 6.07) is 16.9. The molecule has 0 spiro atoms. The molecule has 0 unspecified atom stereocenters. The summed E-state index contributed by atoms with van der Waals surface area (Å²) in [6.07, 6.45) is 1.24. The Kier molecular flexibility index (Phi) is 5.80. The lowest BCUT2D eigenvalue weighted by molar-refractivity contribution is -0.148. The fourth-order valence-corrected chi connectivity index (χ4v) is 4.04. The molecule has 1 aliphatic heterocycles. The average molecular weight is 400 g/mol. The van der Waals surface area contributed by atoms with Gasteiger partial charge in [0.15, 0.2) is 5.60 Å². The Morgan fingerprint density at radius 1 is 1.00 bits per heavy atom. The van der Waals surface area contributed by atoms with Crippen LogP contribution >= 0.6 is 11.6 Å². The van der Waals surface area contributed by atoms with Crippen molar-refractivity contribution in [2.24, 2.45) is 0 Å². The number of likely N-dealkylation sites (tertiary alicyclic amines) is 1. The standard InChI is InChI=1S/C23H26ClNO3/c1-17(26)23(18-7-5-4-6-8-18)13-15-25(16-14-23)21(27)22(2,3)28-20-11-9-19(24)10-12-20/h4-12H,13-16H2,1-3H3. The summed E-state index contributed by atoms with van der Waals surface area (Å²) in [4.78, 5) is 27.4. The predicted octanol–water partition coefficient (Wildman–Crippen LogP) is 4.65. The van der Waals surface area contributed by atoms with Gasteiger partial charge in [0.2, 0.25) is 0 Å². The Morgan fingerprint density at radius 2 is 1.57 bits per heavy atom. The Labute approximate surface area is 171 Å². The molecule has 0 aliphatic carbocycles. The normalized spacial score (nSPS) is 16.5. The molecule has 1 amide bonds. The lowest BCUT2D eigenvalue weighted by Gasteiger charge is -2.42. The van der Waals surface area contributed by atoms with Crippen molar-refractivity contribution in [1.29, 1.82) is 0 Å². The van der Waals surface area contributed by atoms with E-state index in [1.807, 2.05) is 30.3 Å². The number of amides is 1. The van der Waals surface area contributed by atoms with Gasteiger partial charge in [-0.05, 0) is 63.4 Å². The number of nitrogens with zero attached hydrogens (tertiary/aromatic N) is 1. The summed E-state index contributed by atoms with van der Waals surface area (Å²) in [5.41, 5.74) is -0.484. The zero-order valence-corrected chi connectivity index (χ0v) is 17.3. The van der Waals surface area contributed by atoms with E-state index in [9.17, 15) is 9.59 Å². The van der Waals surface area contributed by atoms with Crippen LogP contribution in [0.15, 0.2) is 54.6 Å². The third-order valence-corrected chi connectivity index (χ3v) is 5.86. The number of hydrogen-bond donors (Lipinski definition) is 0. The first-order chi connectivity index (χ1) is 13.2. The first-order valence-electron chi connectivity index (χ1n) is 9.55. The van der Waals surface area contributed by atoms with E-state index >= 15 is 0 Å². The summed E-state index contributed by atoms with van der Waals surface area (Å²) >= 11 is 5.91. The monoisotopic (exact) mass is 399 g/mol. The number of halogens is 1. The molecule has 148 valence electrons. The minimum absolute atomic E-state index is 0.0762. The summed E-state index contributed by atoms with van der Waals surface area (Å²) in [5, 5.41) is 0.619. The van der Waals surface area contributed by atoms with Crippen LogP contribution in [0.5, 0.6) is 5.75 Å². The van der Waals surface area contributed by atoms with E-state index in [4.69, 9.17) is 16.3 Å². The minimum atomic E-state index is -1.00. The molecule has 1 aliphatic rings. The number of ketones is 1. The van der Waals surface area contributed by atoms with Crippen molar-refractivity contribution in [1.82, 2.24) is 4.90 Å². The van der Waals surface area contributed by atoms with Gasteiger partial charge in [-0.15, -0.1) is 0 Å². The van der Waals surface area contributed by atoms with Gasteiger partial charge in [-0.1, -0.05) is 41.9 Å². The number of carbonyl (C=O) groups excluding carboxylic acids is 2. The maximum atomic E-state index is 13.1. The second kappa shape index (κ2) is 7.96. The molecule has 0 atom stereocenters. The highest BCUT2D eigenvalue weighted by Crippen LogP contribution is 2.37. The van der Waals surface area contributed by atoms with E-state index in [1.54, 1.807) is 49.9 Å². The molecule has 2 aromatic rings. The molecular formula is C23H26ClNO3. The van der Waals surface area contributed by atoms with E-state index in [2.05, 4.69) is 0 Å². The third kappa shape index (κ3) is 4.07. The summed E-state index contributed by atoms with van der Waals surface area (Å²) in [5.74, 6) is 0.678. The molecule has 2 aromatic carbocycles. The van der Waals surface area contributed by atoms with Gasteiger partial charge in [0.1, 0.15) is 11.5 Å². The van der Waals surface area contributed by atoms with Crippen LogP contribution in [0.1, 0.15) is 39.2 Å². The zero-order valence-electron chi connectivity index (χ0n) is 16.6. The molecule has 28 heavy (non-hydrogen) atoms. The molecule has 1 heterocycles. The van der Waals surface area contributed by atoms with Gasteiger partial charge in [-0.25, -0.2) is 0 Å². The van der Waals surface area contributed by atoms with Crippen LogP contribution in [0.25, 0.3) is 0 Å². The van der Waals surface area contributed by atoms with Crippen LogP contribution in [-0.2, 0) is 15.0 Å². The van der Waals surface area contributed by atoms with Crippen LogP contribution in [0, 0.1) is 0 Å². The van der Waals surface area contributed by atoms with Gasteiger partial charge in [0, 0.05) is 18.1 Å². The van der Waals surface area contributed by atoms with Gasteiger partial charge < -0.3 is 9.64 Å². The van der Waals surface area contributed by atoms with Crippen molar-refractivity contribution in [3.63, 3.8) is 0 Å². The maximum absolute atomic E-state index is 13.1. The molecule has 3 rings (SSSR count). The number of rotatable bonds is 5. The van der Waals surface area contributed by atoms with Crippen molar-refractivity contribution in [2.75, 3.05) is 13.1 Å². The van der Waals surface area contributed by atoms with Gasteiger partial charge in [0.05, 0.1) is 5.41 Å². The molecule has 0 radical (unpaired) electrons. The van der Waals surface area contributed by atoms with E-state index in [0.29, 0.717) is 36.7 Å². The topological polar surface area (TPSA) is 46.6 Å². The summed E-state index contributed by atoms with van der Waals surface area (Å²) in [6.45, 7) is 6.25. The van der Waals surface area contributed by atoms with Crippen molar-refractivity contribution in [3.8, 4) is 5.75 Å². The molecular weight excluding hydrogens is 374 g/mol. The highest BCUT2D eigenvalue weighted by molar-refractivity contribution is 6.30. The highest BCUT2D eigenvalue weighted by atomic mass is 35.5. The lowest BCUT2D eigenvalue weighted by atomic mass is 9.70. The number of carbonyl (C=O) groups is 2. The van der Waals surface area contributed by atoms with Crippen molar-refractivity contribution < 1.29 is 14.3 Å². The molecule has 0 aromatic heterocycles. The molecule has 0 saturated carbocycles. The van der Waals surface area contributed by atoms with Gasteiger partial charge in [-0.2, -0.15) is 0 Å². The van der Waals surface area contributed by atoms with Crippen LogP contribution in [0.4, 0.5) is 0 Å². The van der Waals surface area contributed by atoms with E-state index in [-0.39, 0.29) is 11.7 Å². The van der Waals surface area contributed by atoms with E-state index in [0.717, 1.165) is 5.56 Å². The average Bonchev–Trinajstić information content (AvgIpc) is 2.69. The minimum Gasteiger partial charge on any atom is -0.478 e. The first-order valence-corrected chi connectivity index (χ1v) is 9.93. The van der Waals surface area contributed by atoms with Gasteiger partial charge in [-0.3, -0.25) is 9.59 Å². The molecule has 5 heteroatoms. The number of benzene rings is 2. The molecule has 0 N–H and O–H groups in total. The van der Waals surface area contributed by atoms with Gasteiger partial charge >= 0.3 is 0 Å². The van der Waals surface area contributed by atoms with Crippen LogP contribution in [0.2, 0.25) is 5.02 Å². The first kappa shape index (κ1) is 20.4. The van der Waals surface area contributed by atoms with Crippen LogP contribution < -0.4 is 4.74 Å². The maximum Gasteiger partial charge on any atom is 0.266 e. The van der Waals surface area contributed by atoms with Crippen LogP contribution in [0.3, 0.4) is 0 Å². The molecule has 4 nitrogen and oxygen atoms in total. The molecule has 0 bridgehead atoms. The SMILES string of the molecule is CC(=O)C1(c2ccccc2)CCN(C(=O)C(C)(C)Oc2ccc(Cl)cc2)CC1.